The SMILES string of the molecule is C=C(F)C(=O)N1CCN(c2nc(OC[C@@H]3CCCN3C)nc3cc(-c4cccc5c4C(C)CC5)c(F)cc23)C[C@@H]1CC#N. The van der Waals surface area contributed by atoms with Gasteiger partial charge in [0.2, 0.25) is 0 Å². The summed E-state index contributed by atoms with van der Waals surface area (Å²) in [5.41, 5.74) is 4.36. The second kappa shape index (κ2) is 11.9. The number of aromatic nitrogens is 2. The number of likely N-dealkylation sites (N-methyl/N-ethyl adjacent to an activating group) is 1. The van der Waals surface area contributed by atoms with E-state index in [1.165, 1.54) is 22.1 Å². The molecular formula is C33H36F2N6O2. The van der Waals surface area contributed by atoms with Gasteiger partial charge in [0.15, 0.2) is 5.83 Å². The Morgan fingerprint density at radius 1 is 1.16 bits per heavy atom. The predicted molar refractivity (Wildman–Crippen MR) is 161 cm³/mol. The number of rotatable bonds is 7. The number of carbonyl (C=O) groups excluding carboxylic acids is 1. The Morgan fingerprint density at radius 2 is 2.00 bits per heavy atom. The Balaban J connectivity index is 1.42. The fourth-order valence-electron chi connectivity index (χ4n) is 6.90. The molecule has 3 aliphatic rings. The van der Waals surface area contributed by atoms with Crippen LogP contribution in [-0.4, -0.2) is 77.6 Å². The first-order chi connectivity index (χ1) is 20.7. The van der Waals surface area contributed by atoms with Gasteiger partial charge in [-0.05, 0) is 74.0 Å². The van der Waals surface area contributed by atoms with Crippen molar-refractivity contribution in [2.75, 3.05) is 44.7 Å². The molecule has 43 heavy (non-hydrogen) atoms. The zero-order chi connectivity index (χ0) is 30.2. The molecule has 3 aromatic rings. The smallest absolute Gasteiger partial charge is 0.319 e. The maximum Gasteiger partial charge on any atom is 0.319 e. The van der Waals surface area contributed by atoms with Crippen LogP contribution in [0, 0.1) is 17.1 Å². The first-order valence-corrected chi connectivity index (χ1v) is 15.0. The van der Waals surface area contributed by atoms with Gasteiger partial charge in [0, 0.05) is 36.6 Å². The van der Waals surface area contributed by atoms with Crippen LogP contribution in [0.5, 0.6) is 6.01 Å². The van der Waals surface area contributed by atoms with E-state index in [-0.39, 0.29) is 37.4 Å². The van der Waals surface area contributed by atoms with Crippen LogP contribution in [0.3, 0.4) is 0 Å². The van der Waals surface area contributed by atoms with Crippen molar-refractivity contribution in [3.8, 4) is 23.2 Å². The number of likely N-dealkylation sites (tertiary alicyclic amines) is 1. The van der Waals surface area contributed by atoms with Crippen molar-refractivity contribution in [2.45, 2.75) is 57.0 Å². The summed E-state index contributed by atoms with van der Waals surface area (Å²) in [4.78, 5) is 27.5. The molecule has 1 aliphatic carbocycles. The Bertz CT molecular complexity index is 1620. The van der Waals surface area contributed by atoms with Gasteiger partial charge in [-0.15, -0.1) is 0 Å². The van der Waals surface area contributed by atoms with Crippen LogP contribution < -0.4 is 9.64 Å². The van der Waals surface area contributed by atoms with E-state index in [1.54, 1.807) is 6.07 Å². The summed E-state index contributed by atoms with van der Waals surface area (Å²) in [5.74, 6) is -1.46. The number of halogens is 2. The second-order valence-corrected chi connectivity index (χ2v) is 12.0. The lowest BCUT2D eigenvalue weighted by atomic mass is 9.91. The summed E-state index contributed by atoms with van der Waals surface area (Å²) in [6, 6.07) is 11.3. The lowest BCUT2D eigenvalue weighted by Crippen LogP contribution is -2.55. The quantitative estimate of drug-likeness (QED) is 0.344. The highest BCUT2D eigenvalue weighted by atomic mass is 19.1. The van der Waals surface area contributed by atoms with E-state index in [0.717, 1.165) is 37.8 Å². The van der Waals surface area contributed by atoms with Gasteiger partial charge in [0.05, 0.1) is 24.0 Å². The summed E-state index contributed by atoms with van der Waals surface area (Å²) >= 11 is 0. The highest BCUT2D eigenvalue weighted by Crippen LogP contribution is 2.42. The summed E-state index contributed by atoms with van der Waals surface area (Å²) in [5, 5.41) is 9.97. The van der Waals surface area contributed by atoms with E-state index < -0.39 is 17.8 Å². The predicted octanol–water partition coefficient (Wildman–Crippen LogP) is 5.37. The maximum atomic E-state index is 16.0. The van der Waals surface area contributed by atoms with Crippen LogP contribution in [0.1, 0.15) is 49.7 Å². The lowest BCUT2D eigenvalue weighted by Gasteiger charge is -2.41. The van der Waals surface area contributed by atoms with Crippen LogP contribution in [0.4, 0.5) is 14.6 Å². The molecule has 2 aliphatic heterocycles. The number of amides is 1. The topological polar surface area (TPSA) is 85.6 Å². The summed E-state index contributed by atoms with van der Waals surface area (Å²) in [6.45, 7) is 7.46. The van der Waals surface area contributed by atoms with E-state index in [9.17, 15) is 14.4 Å². The molecule has 0 spiro atoms. The average molecular weight is 587 g/mol. The minimum atomic E-state index is -1.06. The van der Waals surface area contributed by atoms with E-state index in [4.69, 9.17) is 14.7 Å². The molecule has 0 N–H and O–H groups in total. The van der Waals surface area contributed by atoms with Crippen LogP contribution >= 0.6 is 0 Å². The van der Waals surface area contributed by atoms with Crippen LogP contribution in [0.15, 0.2) is 42.7 Å². The highest BCUT2D eigenvalue weighted by molar-refractivity contribution is 5.94. The number of ether oxygens (including phenoxy) is 1. The molecule has 6 rings (SSSR count). The van der Waals surface area contributed by atoms with Crippen molar-refractivity contribution in [3.05, 3.63) is 59.7 Å². The number of piperazine rings is 1. The van der Waals surface area contributed by atoms with Gasteiger partial charge in [-0.1, -0.05) is 31.7 Å². The standard InChI is InChI=1S/C33H36F2N6O2/c1-20-9-10-22-6-4-8-25(30(20)22)26-17-29-27(16-28(26)35)31(38-33(37-29)43-19-24-7-5-13-39(24)3)40-14-15-41(32(42)21(2)34)23(18-40)11-12-36/h4,6,8,16-17,20,23-24H,2,5,7,9-11,13-15,18-19H2,1,3H3/t20?,23-,24-/m0/s1. The fraction of sp³-hybridized carbons (Fsp3) is 0.455. The Hall–Kier alpha value is -4.10. The molecule has 3 atom stereocenters. The van der Waals surface area contributed by atoms with Crippen LogP contribution in [0.2, 0.25) is 0 Å². The molecule has 8 nitrogen and oxygen atoms in total. The van der Waals surface area contributed by atoms with Gasteiger partial charge in [0.1, 0.15) is 18.2 Å². The summed E-state index contributed by atoms with van der Waals surface area (Å²) in [6.07, 6.45) is 4.15. The number of hydrogen-bond donors (Lipinski definition) is 0. The van der Waals surface area contributed by atoms with Gasteiger partial charge in [0.25, 0.3) is 5.91 Å². The normalized spacial score (nSPS) is 22.1. The van der Waals surface area contributed by atoms with Gasteiger partial charge in [-0.2, -0.15) is 15.2 Å². The zero-order valence-corrected chi connectivity index (χ0v) is 24.7. The van der Waals surface area contributed by atoms with E-state index in [2.05, 4.69) is 37.6 Å². The first kappa shape index (κ1) is 29.0. The van der Waals surface area contributed by atoms with Crippen molar-refractivity contribution in [2.24, 2.45) is 0 Å². The van der Waals surface area contributed by atoms with Crippen molar-refractivity contribution in [1.29, 1.82) is 5.26 Å². The molecule has 10 heteroatoms. The average Bonchev–Trinajstić information content (AvgIpc) is 3.59. The lowest BCUT2D eigenvalue weighted by molar-refractivity contribution is -0.131. The van der Waals surface area contributed by atoms with Gasteiger partial charge in [-0.25, -0.2) is 8.78 Å². The molecular weight excluding hydrogens is 550 g/mol. The number of fused-ring (bicyclic) bond motifs is 2. The monoisotopic (exact) mass is 586 g/mol. The van der Waals surface area contributed by atoms with Crippen molar-refractivity contribution in [1.82, 2.24) is 19.8 Å². The second-order valence-electron chi connectivity index (χ2n) is 12.0. The van der Waals surface area contributed by atoms with Gasteiger partial charge in [-0.3, -0.25) is 4.79 Å². The Morgan fingerprint density at radius 3 is 2.74 bits per heavy atom. The third kappa shape index (κ3) is 5.54. The van der Waals surface area contributed by atoms with Crippen LogP contribution in [0.25, 0.3) is 22.0 Å². The maximum absolute atomic E-state index is 16.0. The molecule has 2 saturated heterocycles. The number of nitriles is 1. The van der Waals surface area contributed by atoms with Crippen LogP contribution in [-0.2, 0) is 11.2 Å². The van der Waals surface area contributed by atoms with Gasteiger partial charge >= 0.3 is 6.01 Å². The summed E-state index contributed by atoms with van der Waals surface area (Å²) in [7, 11) is 2.07. The molecule has 224 valence electrons. The largest absolute Gasteiger partial charge is 0.462 e. The van der Waals surface area contributed by atoms with E-state index in [0.29, 0.717) is 41.4 Å². The molecule has 0 bridgehead atoms. The molecule has 1 unspecified atom stereocenters. The van der Waals surface area contributed by atoms with Crippen molar-refractivity contribution < 1.29 is 18.3 Å². The minimum Gasteiger partial charge on any atom is -0.462 e. The Kier molecular flexibility index (Phi) is 8.01. The molecule has 1 aromatic heterocycles. The molecule has 1 amide bonds. The van der Waals surface area contributed by atoms with Crippen molar-refractivity contribution >= 4 is 22.6 Å². The zero-order valence-electron chi connectivity index (χ0n) is 24.7. The molecule has 2 aromatic carbocycles. The molecule has 2 fully saturated rings. The third-order valence-corrected chi connectivity index (χ3v) is 9.25. The minimum absolute atomic E-state index is 0.00567. The number of nitrogens with zero attached hydrogens (tertiary/aromatic N) is 6. The Labute approximate surface area is 250 Å². The number of hydrogen-bond acceptors (Lipinski definition) is 7. The number of aryl methyl sites for hydroxylation is 1. The third-order valence-electron chi connectivity index (χ3n) is 9.25. The first-order valence-electron chi connectivity index (χ1n) is 15.0. The van der Waals surface area contributed by atoms with Gasteiger partial charge < -0.3 is 19.4 Å². The fourth-order valence-corrected chi connectivity index (χ4v) is 6.90. The number of carbonyl (C=O) groups is 1. The van der Waals surface area contributed by atoms with Crippen molar-refractivity contribution in [3.63, 3.8) is 0 Å². The molecule has 0 saturated carbocycles. The highest BCUT2D eigenvalue weighted by Gasteiger charge is 2.34. The molecule has 3 heterocycles. The van der Waals surface area contributed by atoms with E-state index >= 15 is 4.39 Å². The van der Waals surface area contributed by atoms with E-state index in [1.807, 2.05) is 17.0 Å². The number of anilines is 1. The summed E-state index contributed by atoms with van der Waals surface area (Å²) < 4.78 is 36.0. The molecule has 0 radical (unpaired) electrons. The number of benzene rings is 2.